The van der Waals surface area contributed by atoms with Crippen LogP contribution in [0.4, 0.5) is 0 Å². The molecule has 0 radical (unpaired) electrons. The lowest BCUT2D eigenvalue weighted by Crippen LogP contribution is -2.36. The minimum absolute atomic E-state index is 0.561. The average Bonchev–Trinajstić information content (AvgIpc) is 2.69. The molecular formula is C13H20N2O2S. The monoisotopic (exact) mass is 268 g/mol. The Balaban J connectivity index is 2.64. The minimum Gasteiger partial charge on any atom is -0.480 e. The van der Waals surface area contributed by atoms with E-state index < -0.39 is 12.0 Å². The van der Waals surface area contributed by atoms with Gasteiger partial charge in [0.25, 0.3) is 0 Å². The number of hydrogen-bond acceptors (Lipinski definition) is 4. The predicted octanol–water partition coefficient (Wildman–Crippen LogP) is 2.69. The first-order chi connectivity index (χ1) is 8.54. The SMILES string of the molecule is CCC/C=C/C(C(=O)O)N(C)Cc1nc(C)cs1. The number of aliphatic carboxylic acids is 1. The lowest BCUT2D eigenvalue weighted by atomic mass is 10.2. The van der Waals surface area contributed by atoms with Crippen molar-refractivity contribution in [3.05, 3.63) is 28.2 Å². The lowest BCUT2D eigenvalue weighted by molar-refractivity contribution is -0.141. The van der Waals surface area contributed by atoms with Crippen LogP contribution in [-0.2, 0) is 11.3 Å². The minimum atomic E-state index is -0.821. The summed E-state index contributed by atoms with van der Waals surface area (Å²) in [6.45, 7) is 4.57. The van der Waals surface area contributed by atoms with Gasteiger partial charge in [0.2, 0.25) is 0 Å². The number of aryl methyl sites for hydroxylation is 1. The van der Waals surface area contributed by atoms with E-state index in [1.165, 1.54) is 0 Å². The van der Waals surface area contributed by atoms with Crippen LogP contribution in [0.2, 0.25) is 0 Å². The van der Waals surface area contributed by atoms with Crippen LogP contribution in [0.5, 0.6) is 0 Å². The quantitative estimate of drug-likeness (QED) is 0.772. The van der Waals surface area contributed by atoms with Crippen LogP contribution in [0.25, 0.3) is 0 Å². The topological polar surface area (TPSA) is 53.4 Å². The van der Waals surface area contributed by atoms with Gasteiger partial charge in [-0.3, -0.25) is 9.69 Å². The summed E-state index contributed by atoms with van der Waals surface area (Å²) in [6.07, 6.45) is 5.63. The van der Waals surface area contributed by atoms with Crippen molar-refractivity contribution in [2.75, 3.05) is 7.05 Å². The van der Waals surface area contributed by atoms with Crippen LogP contribution in [-0.4, -0.2) is 34.0 Å². The van der Waals surface area contributed by atoms with Gasteiger partial charge >= 0.3 is 5.97 Å². The molecule has 1 N–H and O–H groups in total. The van der Waals surface area contributed by atoms with Gasteiger partial charge in [0.05, 0.1) is 6.54 Å². The number of carboxylic acids is 1. The molecule has 0 aliphatic carbocycles. The number of aromatic nitrogens is 1. The van der Waals surface area contributed by atoms with Crippen molar-refractivity contribution in [1.29, 1.82) is 0 Å². The van der Waals surface area contributed by atoms with Gasteiger partial charge in [0.15, 0.2) is 0 Å². The summed E-state index contributed by atoms with van der Waals surface area (Å²) in [5, 5.41) is 12.1. The van der Waals surface area contributed by atoms with Crippen LogP contribution in [0, 0.1) is 6.92 Å². The summed E-state index contributed by atoms with van der Waals surface area (Å²) >= 11 is 1.57. The van der Waals surface area contributed by atoms with Gasteiger partial charge in [-0.05, 0) is 20.4 Å². The van der Waals surface area contributed by atoms with Crippen molar-refractivity contribution in [2.24, 2.45) is 0 Å². The third kappa shape index (κ3) is 4.58. The summed E-state index contributed by atoms with van der Waals surface area (Å²) in [5.74, 6) is -0.821. The van der Waals surface area contributed by atoms with Gasteiger partial charge in [0, 0.05) is 11.1 Å². The van der Waals surface area contributed by atoms with E-state index in [1.807, 2.05) is 25.4 Å². The number of hydrogen-bond donors (Lipinski definition) is 1. The van der Waals surface area contributed by atoms with Crippen LogP contribution < -0.4 is 0 Å². The molecule has 1 aromatic heterocycles. The molecule has 1 rings (SSSR count). The molecule has 18 heavy (non-hydrogen) atoms. The van der Waals surface area contributed by atoms with Gasteiger partial charge in [-0.2, -0.15) is 0 Å². The van der Waals surface area contributed by atoms with E-state index in [0.29, 0.717) is 6.54 Å². The van der Waals surface area contributed by atoms with Gasteiger partial charge in [-0.15, -0.1) is 11.3 Å². The van der Waals surface area contributed by atoms with Crippen molar-refractivity contribution >= 4 is 17.3 Å². The first-order valence-electron chi connectivity index (χ1n) is 6.05. The predicted molar refractivity (Wildman–Crippen MR) is 73.8 cm³/mol. The molecule has 0 spiro atoms. The fourth-order valence-corrected chi connectivity index (χ4v) is 2.43. The van der Waals surface area contributed by atoms with E-state index in [2.05, 4.69) is 11.9 Å². The molecule has 4 nitrogen and oxygen atoms in total. The second-order valence-corrected chi connectivity index (χ2v) is 5.24. The van der Waals surface area contributed by atoms with Crippen molar-refractivity contribution in [2.45, 2.75) is 39.3 Å². The molecule has 1 unspecified atom stereocenters. The number of unbranched alkanes of at least 4 members (excludes halogenated alkanes) is 1. The Bertz CT molecular complexity index is 415. The van der Waals surface area contributed by atoms with E-state index in [1.54, 1.807) is 22.3 Å². The van der Waals surface area contributed by atoms with E-state index in [-0.39, 0.29) is 0 Å². The highest BCUT2D eigenvalue weighted by Crippen LogP contribution is 2.13. The number of allylic oxidation sites excluding steroid dienone is 1. The number of likely N-dealkylation sites (N-methyl/N-ethyl adjacent to an activating group) is 1. The highest BCUT2D eigenvalue weighted by molar-refractivity contribution is 7.09. The van der Waals surface area contributed by atoms with Crippen molar-refractivity contribution in [1.82, 2.24) is 9.88 Å². The summed E-state index contributed by atoms with van der Waals surface area (Å²) in [5.41, 5.74) is 0.983. The molecule has 0 fully saturated rings. The maximum atomic E-state index is 11.2. The molecule has 0 saturated heterocycles. The fraction of sp³-hybridized carbons (Fsp3) is 0.538. The lowest BCUT2D eigenvalue weighted by Gasteiger charge is -2.20. The smallest absolute Gasteiger partial charge is 0.324 e. The van der Waals surface area contributed by atoms with Crippen molar-refractivity contribution in [3.8, 4) is 0 Å². The third-order valence-corrected chi connectivity index (χ3v) is 3.50. The number of nitrogens with zero attached hydrogens (tertiary/aromatic N) is 2. The first-order valence-corrected chi connectivity index (χ1v) is 6.93. The Kier molecular flexibility index (Phi) is 6.01. The highest BCUT2D eigenvalue weighted by Gasteiger charge is 2.20. The number of thiazole rings is 1. The summed E-state index contributed by atoms with van der Waals surface area (Å²) in [4.78, 5) is 17.4. The largest absolute Gasteiger partial charge is 0.480 e. The van der Waals surface area contributed by atoms with Crippen LogP contribution in [0.3, 0.4) is 0 Å². The Labute approximate surface area is 112 Å². The van der Waals surface area contributed by atoms with E-state index >= 15 is 0 Å². The normalized spacial score (nSPS) is 13.3. The molecule has 5 heteroatoms. The van der Waals surface area contributed by atoms with Crippen LogP contribution in [0.1, 0.15) is 30.5 Å². The van der Waals surface area contributed by atoms with Crippen molar-refractivity contribution < 1.29 is 9.90 Å². The summed E-state index contributed by atoms with van der Waals surface area (Å²) in [6, 6.07) is -0.583. The number of carboxylic acid groups (broad SMARTS) is 1. The number of rotatable bonds is 7. The molecule has 0 bridgehead atoms. The molecule has 100 valence electrons. The van der Waals surface area contributed by atoms with Gasteiger partial charge in [-0.25, -0.2) is 4.98 Å². The third-order valence-electron chi connectivity index (χ3n) is 2.55. The molecule has 0 aromatic carbocycles. The Hall–Kier alpha value is -1.20. The molecule has 1 atom stereocenters. The second kappa shape index (κ2) is 7.28. The number of carbonyl (C=O) groups is 1. The summed E-state index contributed by atoms with van der Waals surface area (Å²) < 4.78 is 0. The van der Waals surface area contributed by atoms with Crippen LogP contribution >= 0.6 is 11.3 Å². The Morgan fingerprint density at radius 2 is 2.39 bits per heavy atom. The fourth-order valence-electron chi connectivity index (χ4n) is 1.60. The molecule has 0 aliphatic rings. The van der Waals surface area contributed by atoms with Gasteiger partial charge in [-0.1, -0.05) is 25.5 Å². The molecule has 0 amide bonds. The first kappa shape index (κ1) is 14.9. The van der Waals surface area contributed by atoms with Crippen LogP contribution in [0.15, 0.2) is 17.5 Å². The molecule has 1 aromatic rings. The van der Waals surface area contributed by atoms with E-state index in [4.69, 9.17) is 0 Å². The zero-order valence-corrected chi connectivity index (χ0v) is 11.9. The van der Waals surface area contributed by atoms with E-state index in [9.17, 15) is 9.90 Å². The van der Waals surface area contributed by atoms with Gasteiger partial charge in [0.1, 0.15) is 11.0 Å². The molecule has 0 saturated carbocycles. The maximum absolute atomic E-state index is 11.2. The molecular weight excluding hydrogens is 248 g/mol. The molecule has 1 heterocycles. The van der Waals surface area contributed by atoms with E-state index in [0.717, 1.165) is 23.5 Å². The zero-order chi connectivity index (χ0) is 13.5. The average molecular weight is 268 g/mol. The Morgan fingerprint density at radius 1 is 1.67 bits per heavy atom. The highest BCUT2D eigenvalue weighted by atomic mass is 32.1. The molecule has 0 aliphatic heterocycles. The standard InChI is InChI=1S/C13H20N2O2S/c1-4-5-6-7-11(13(16)17)15(3)8-12-14-10(2)9-18-12/h6-7,9,11H,4-5,8H2,1-3H3,(H,16,17)/b7-6+. The Morgan fingerprint density at radius 3 is 2.89 bits per heavy atom. The zero-order valence-electron chi connectivity index (χ0n) is 11.1. The van der Waals surface area contributed by atoms with Crippen molar-refractivity contribution in [3.63, 3.8) is 0 Å². The second-order valence-electron chi connectivity index (χ2n) is 4.30. The summed E-state index contributed by atoms with van der Waals surface area (Å²) in [7, 11) is 1.81. The maximum Gasteiger partial charge on any atom is 0.324 e. The van der Waals surface area contributed by atoms with Gasteiger partial charge < -0.3 is 5.11 Å².